The summed E-state index contributed by atoms with van der Waals surface area (Å²) in [4.78, 5) is 12.4. The van der Waals surface area contributed by atoms with Crippen molar-refractivity contribution in [2.75, 3.05) is 7.11 Å². The molecule has 5 rings (SSSR count). The van der Waals surface area contributed by atoms with Gasteiger partial charge in [-0.15, -0.1) is 0 Å². The van der Waals surface area contributed by atoms with Crippen LogP contribution >= 0.6 is 0 Å². The van der Waals surface area contributed by atoms with Crippen molar-refractivity contribution < 1.29 is 14.6 Å². The molecule has 3 aromatic rings. The van der Waals surface area contributed by atoms with Crippen LogP contribution in [0.1, 0.15) is 69.4 Å². The Hall–Kier alpha value is -3.07. The molecule has 0 aromatic heterocycles. The number of allylic oxidation sites excluding steroid dienone is 2. The quantitative estimate of drug-likeness (QED) is 0.451. The van der Waals surface area contributed by atoms with Gasteiger partial charge in [-0.2, -0.15) is 0 Å². The Morgan fingerprint density at radius 1 is 0.788 bits per heavy atom. The van der Waals surface area contributed by atoms with E-state index in [0.29, 0.717) is 18.4 Å². The molecule has 0 radical (unpaired) electrons. The molecule has 0 saturated heterocycles. The average molecular weight is 441 g/mol. The number of ether oxygens (including phenoxy) is 1. The van der Waals surface area contributed by atoms with E-state index in [1.165, 1.54) is 48.8 Å². The van der Waals surface area contributed by atoms with Gasteiger partial charge < -0.3 is 9.84 Å². The van der Waals surface area contributed by atoms with Crippen LogP contribution in [0.5, 0.6) is 5.75 Å². The van der Waals surface area contributed by atoms with Crippen molar-refractivity contribution in [3.63, 3.8) is 0 Å². The maximum Gasteiger partial charge on any atom is 0.166 e. The maximum atomic E-state index is 12.4. The SMILES string of the molecule is COc1ccc(-c2ccc3cc(C4=C(O)CCCC4=O)ccc3c2)cc1C1(C)CCCCC1. The molecule has 3 heteroatoms. The van der Waals surface area contributed by atoms with E-state index in [-0.39, 0.29) is 17.0 Å². The van der Waals surface area contributed by atoms with Gasteiger partial charge in [0.25, 0.3) is 0 Å². The molecule has 0 heterocycles. The van der Waals surface area contributed by atoms with Crippen LogP contribution in [0.2, 0.25) is 0 Å². The summed E-state index contributed by atoms with van der Waals surface area (Å²) in [7, 11) is 1.77. The zero-order valence-electron chi connectivity index (χ0n) is 19.6. The van der Waals surface area contributed by atoms with Gasteiger partial charge in [0, 0.05) is 18.4 Å². The third-order valence-corrected chi connectivity index (χ3v) is 7.65. The Balaban J connectivity index is 1.53. The van der Waals surface area contributed by atoms with Crippen LogP contribution in [0.3, 0.4) is 0 Å². The molecule has 3 aromatic carbocycles. The first-order valence-corrected chi connectivity index (χ1v) is 12.2. The number of ketones is 1. The summed E-state index contributed by atoms with van der Waals surface area (Å²) >= 11 is 0. The van der Waals surface area contributed by atoms with Gasteiger partial charge in [-0.1, -0.05) is 56.5 Å². The van der Waals surface area contributed by atoms with Gasteiger partial charge >= 0.3 is 0 Å². The van der Waals surface area contributed by atoms with Gasteiger partial charge in [-0.25, -0.2) is 0 Å². The van der Waals surface area contributed by atoms with Crippen LogP contribution in [0.4, 0.5) is 0 Å². The molecule has 1 fully saturated rings. The van der Waals surface area contributed by atoms with E-state index in [4.69, 9.17) is 4.74 Å². The molecule has 0 spiro atoms. The third kappa shape index (κ3) is 4.06. The molecule has 2 aliphatic carbocycles. The van der Waals surface area contributed by atoms with Gasteiger partial charge in [-0.05, 0) is 76.4 Å². The van der Waals surface area contributed by atoms with E-state index in [1.807, 2.05) is 12.1 Å². The second kappa shape index (κ2) is 8.70. The summed E-state index contributed by atoms with van der Waals surface area (Å²) in [5.41, 5.74) is 5.16. The highest BCUT2D eigenvalue weighted by molar-refractivity contribution is 6.22. The first-order valence-electron chi connectivity index (χ1n) is 12.2. The topological polar surface area (TPSA) is 46.5 Å². The number of fused-ring (bicyclic) bond motifs is 1. The molecule has 0 aliphatic heterocycles. The zero-order valence-corrected chi connectivity index (χ0v) is 19.6. The molecule has 0 unspecified atom stereocenters. The second-order valence-electron chi connectivity index (χ2n) is 9.91. The molecule has 2 aliphatic rings. The Kier molecular flexibility index (Phi) is 5.74. The predicted octanol–water partition coefficient (Wildman–Crippen LogP) is 7.76. The number of benzene rings is 3. The summed E-state index contributed by atoms with van der Waals surface area (Å²) in [5.74, 6) is 1.25. The van der Waals surface area contributed by atoms with Crippen molar-refractivity contribution >= 4 is 22.1 Å². The number of methoxy groups -OCH3 is 1. The smallest absolute Gasteiger partial charge is 0.166 e. The molecule has 0 amide bonds. The van der Waals surface area contributed by atoms with Gasteiger partial charge in [-0.3, -0.25) is 4.79 Å². The maximum absolute atomic E-state index is 12.4. The van der Waals surface area contributed by atoms with Crippen molar-refractivity contribution in [2.24, 2.45) is 0 Å². The third-order valence-electron chi connectivity index (χ3n) is 7.65. The summed E-state index contributed by atoms with van der Waals surface area (Å²) in [6, 6.07) is 19.1. The number of aliphatic hydroxyl groups is 1. The van der Waals surface area contributed by atoms with Crippen LogP contribution in [0.25, 0.3) is 27.5 Å². The van der Waals surface area contributed by atoms with E-state index in [2.05, 4.69) is 49.4 Å². The molecule has 0 bridgehead atoms. The molecule has 33 heavy (non-hydrogen) atoms. The van der Waals surface area contributed by atoms with Gasteiger partial charge in [0.15, 0.2) is 5.78 Å². The molecule has 1 N–H and O–H groups in total. The van der Waals surface area contributed by atoms with Crippen molar-refractivity contribution in [1.29, 1.82) is 0 Å². The van der Waals surface area contributed by atoms with Crippen molar-refractivity contribution in [3.8, 4) is 16.9 Å². The summed E-state index contributed by atoms with van der Waals surface area (Å²) in [6.45, 7) is 2.38. The number of carbonyl (C=O) groups excluding carboxylic acids is 1. The number of aliphatic hydroxyl groups excluding tert-OH is 1. The fourth-order valence-electron chi connectivity index (χ4n) is 5.70. The normalized spacial score (nSPS) is 18.5. The predicted molar refractivity (Wildman–Crippen MR) is 135 cm³/mol. The molecular weight excluding hydrogens is 408 g/mol. The number of rotatable bonds is 4. The fourth-order valence-corrected chi connectivity index (χ4v) is 5.70. The summed E-state index contributed by atoms with van der Waals surface area (Å²) < 4.78 is 5.76. The number of hydrogen-bond acceptors (Lipinski definition) is 3. The minimum atomic E-state index is 0.0386. The molecular formula is C30H32O3. The highest BCUT2D eigenvalue weighted by Gasteiger charge is 2.31. The average Bonchev–Trinajstić information content (AvgIpc) is 2.83. The lowest BCUT2D eigenvalue weighted by Crippen LogP contribution is -2.25. The molecule has 170 valence electrons. The first kappa shape index (κ1) is 21.8. The van der Waals surface area contributed by atoms with Gasteiger partial charge in [0.05, 0.1) is 12.7 Å². The fraction of sp³-hybridized carbons (Fsp3) is 0.367. The highest BCUT2D eigenvalue weighted by Crippen LogP contribution is 2.44. The van der Waals surface area contributed by atoms with E-state index >= 15 is 0 Å². The minimum absolute atomic E-state index is 0.0386. The van der Waals surface area contributed by atoms with Crippen LogP contribution < -0.4 is 4.74 Å². The Morgan fingerprint density at radius 3 is 2.12 bits per heavy atom. The van der Waals surface area contributed by atoms with Crippen LogP contribution in [-0.2, 0) is 10.2 Å². The lowest BCUT2D eigenvalue weighted by molar-refractivity contribution is -0.114. The van der Waals surface area contributed by atoms with E-state index < -0.39 is 0 Å². The van der Waals surface area contributed by atoms with Crippen molar-refractivity contribution in [3.05, 3.63) is 71.5 Å². The minimum Gasteiger partial charge on any atom is -0.512 e. The Bertz CT molecular complexity index is 1240. The molecule has 3 nitrogen and oxygen atoms in total. The number of hydrogen-bond donors (Lipinski definition) is 1. The first-order chi connectivity index (χ1) is 16.0. The largest absolute Gasteiger partial charge is 0.512 e. The Morgan fingerprint density at radius 2 is 1.42 bits per heavy atom. The lowest BCUT2D eigenvalue weighted by atomic mass is 9.70. The van der Waals surface area contributed by atoms with Gasteiger partial charge in [0.2, 0.25) is 0 Å². The lowest BCUT2D eigenvalue weighted by Gasteiger charge is -2.35. The van der Waals surface area contributed by atoms with E-state index in [0.717, 1.165) is 28.5 Å². The van der Waals surface area contributed by atoms with Crippen LogP contribution in [-0.4, -0.2) is 18.0 Å². The van der Waals surface area contributed by atoms with Crippen LogP contribution in [0.15, 0.2) is 60.4 Å². The van der Waals surface area contributed by atoms with Crippen molar-refractivity contribution in [2.45, 2.75) is 63.7 Å². The Labute approximate surface area is 196 Å². The molecule has 1 saturated carbocycles. The van der Waals surface area contributed by atoms with Crippen molar-refractivity contribution in [1.82, 2.24) is 0 Å². The number of Topliss-reactive ketones (excluding diaryl/α,β-unsaturated/α-hetero) is 1. The van der Waals surface area contributed by atoms with Gasteiger partial charge in [0.1, 0.15) is 11.5 Å². The van der Waals surface area contributed by atoms with E-state index in [9.17, 15) is 9.90 Å². The zero-order chi connectivity index (χ0) is 23.0. The van der Waals surface area contributed by atoms with Crippen LogP contribution in [0, 0.1) is 0 Å². The standard InChI is InChI=1S/C30H32O3/c1-30(15-4-3-5-16-30)25-19-23(13-14-28(25)33-2)21-9-10-22-18-24(12-11-20(22)17-21)29-26(31)7-6-8-27(29)32/h9-14,17-19,31H,3-8,15-16H2,1-2H3. The molecule has 0 atom stereocenters. The summed E-state index contributed by atoms with van der Waals surface area (Å²) in [5, 5.41) is 12.5. The van der Waals surface area contributed by atoms with E-state index in [1.54, 1.807) is 7.11 Å². The number of carbonyl (C=O) groups is 1. The highest BCUT2D eigenvalue weighted by atomic mass is 16.5. The second-order valence-corrected chi connectivity index (χ2v) is 9.91. The summed E-state index contributed by atoms with van der Waals surface area (Å²) in [6.07, 6.45) is 8.10. The monoisotopic (exact) mass is 440 g/mol.